The Balaban J connectivity index is 2.88. The molecule has 0 aliphatic carbocycles. The van der Waals surface area contributed by atoms with Crippen molar-refractivity contribution in [3.63, 3.8) is 0 Å². The molecule has 1 aromatic carbocycles. The van der Waals surface area contributed by atoms with E-state index >= 15 is 0 Å². The van der Waals surface area contributed by atoms with Gasteiger partial charge in [-0.25, -0.2) is 0 Å². The van der Waals surface area contributed by atoms with Crippen LogP contribution in [0, 0.1) is 6.92 Å². The number of hydrogen-bond donors (Lipinski definition) is 0. The summed E-state index contributed by atoms with van der Waals surface area (Å²) >= 11 is 0. The van der Waals surface area contributed by atoms with Gasteiger partial charge >= 0.3 is 0 Å². The molecule has 1 rings (SSSR count). The molecule has 0 N–H and O–H groups in total. The molecule has 0 saturated carbocycles. The third-order valence-electron chi connectivity index (χ3n) is 2.47. The van der Waals surface area contributed by atoms with Crippen molar-refractivity contribution in [2.75, 3.05) is 20.6 Å². The summed E-state index contributed by atoms with van der Waals surface area (Å²) in [7, 11) is 4.00. The number of ether oxygens (including phenoxy) is 1. The summed E-state index contributed by atoms with van der Waals surface area (Å²) < 4.78 is 5.84. The third-order valence-corrected chi connectivity index (χ3v) is 2.47. The zero-order chi connectivity index (χ0) is 13.0. The van der Waals surface area contributed by atoms with Crippen molar-refractivity contribution in [3.05, 3.63) is 29.3 Å². The zero-order valence-electron chi connectivity index (χ0n) is 11.3. The summed E-state index contributed by atoms with van der Waals surface area (Å²) in [5, 5.41) is 0. The Kier molecular flexibility index (Phi) is 4.70. The molecule has 94 valence electrons. The third kappa shape index (κ3) is 4.19. The van der Waals surface area contributed by atoms with Gasteiger partial charge in [-0.2, -0.15) is 0 Å². The predicted octanol–water partition coefficient (Wildman–Crippen LogP) is 2.53. The minimum absolute atomic E-state index is 0.0389. The minimum Gasteiger partial charge on any atom is -0.489 e. The number of benzene rings is 1. The standard InChI is InChI=1S/C14H21NO2/c1-10-6-7-13(12(3)16)14(8-10)17-11(2)9-15(4)5/h6-8,11H,9H2,1-5H3/t11-/m0/s1. The Morgan fingerprint density at radius 1 is 1.41 bits per heavy atom. The largest absolute Gasteiger partial charge is 0.489 e. The van der Waals surface area contributed by atoms with E-state index in [0.29, 0.717) is 11.3 Å². The first-order valence-electron chi connectivity index (χ1n) is 5.83. The van der Waals surface area contributed by atoms with Gasteiger partial charge in [0.05, 0.1) is 5.56 Å². The zero-order valence-corrected chi connectivity index (χ0v) is 11.3. The van der Waals surface area contributed by atoms with Crippen LogP contribution in [0.4, 0.5) is 0 Å². The van der Waals surface area contributed by atoms with E-state index in [1.807, 2.05) is 46.1 Å². The van der Waals surface area contributed by atoms with Gasteiger partial charge in [-0.3, -0.25) is 4.79 Å². The predicted molar refractivity (Wildman–Crippen MR) is 69.8 cm³/mol. The van der Waals surface area contributed by atoms with E-state index < -0.39 is 0 Å². The number of carbonyl (C=O) groups is 1. The number of nitrogens with zero attached hydrogens (tertiary/aromatic N) is 1. The fraction of sp³-hybridized carbons (Fsp3) is 0.500. The van der Waals surface area contributed by atoms with Gasteiger partial charge in [-0.1, -0.05) is 6.07 Å². The maximum Gasteiger partial charge on any atom is 0.163 e. The van der Waals surface area contributed by atoms with Crippen molar-refractivity contribution >= 4 is 5.78 Å². The SMILES string of the molecule is CC(=O)c1ccc(C)cc1O[C@@H](C)CN(C)C. The molecule has 1 atom stereocenters. The molecule has 3 nitrogen and oxygen atoms in total. The number of Topliss-reactive ketones (excluding diaryl/α,β-unsaturated/α-hetero) is 1. The fourth-order valence-corrected chi connectivity index (χ4v) is 1.79. The normalized spacial score (nSPS) is 12.6. The molecule has 0 amide bonds. The number of carbonyl (C=O) groups excluding carboxylic acids is 1. The van der Waals surface area contributed by atoms with Gasteiger partial charge in [-0.15, -0.1) is 0 Å². The Morgan fingerprint density at radius 2 is 2.06 bits per heavy atom. The van der Waals surface area contributed by atoms with Crippen LogP contribution in [0.1, 0.15) is 29.8 Å². The lowest BCUT2D eigenvalue weighted by molar-refractivity contribution is 0.100. The number of ketones is 1. The van der Waals surface area contributed by atoms with Gasteiger partial charge in [-0.05, 0) is 52.6 Å². The number of aryl methyl sites for hydroxylation is 1. The second kappa shape index (κ2) is 5.82. The molecule has 0 aliphatic heterocycles. The fourth-order valence-electron chi connectivity index (χ4n) is 1.79. The minimum atomic E-state index is 0.0389. The molecule has 0 bridgehead atoms. The number of likely N-dealkylation sites (N-methyl/N-ethyl adjacent to an activating group) is 1. The highest BCUT2D eigenvalue weighted by molar-refractivity contribution is 5.96. The van der Waals surface area contributed by atoms with E-state index in [4.69, 9.17) is 4.74 Å². The summed E-state index contributed by atoms with van der Waals surface area (Å²) in [4.78, 5) is 13.6. The maximum atomic E-state index is 11.5. The van der Waals surface area contributed by atoms with Crippen LogP contribution < -0.4 is 4.74 Å². The number of rotatable bonds is 5. The van der Waals surface area contributed by atoms with Gasteiger partial charge in [0.15, 0.2) is 5.78 Å². The van der Waals surface area contributed by atoms with Crippen LogP contribution in [0.5, 0.6) is 5.75 Å². The van der Waals surface area contributed by atoms with E-state index in [1.54, 1.807) is 6.92 Å². The summed E-state index contributed by atoms with van der Waals surface area (Å²) in [6.45, 7) is 6.39. The molecule has 0 fully saturated rings. The highest BCUT2D eigenvalue weighted by atomic mass is 16.5. The topological polar surface area (TPSA) is 29.5 Å². The van der Waals surface area contributed by atoms with Crippen molar-refractivity contribution < 1.29 is 9.53 Å². The van der Waals surface area contributed by atoms with Crippen molar-refractivity contribution in [1.82, 2.24) is 4.90 Å². The van der Waals surface area contributed by atoms with Crippen LogP contribution in [0.2, 0.25) is 0 Å². The Bertz CT molecular complexity index is 399. The van der Waals surface area contributed by atoms with Crippen LogP contribution >= 0.6 is 0 Å². The highest BCUT2D eigenvalue weighted by Gasteiger charge is 2.12. The maximum absolute atomic E-state index is 11.5. The van der Waals surface area contributed by atoms with Crippen molar-refractivity contribution in [1.29, 1.82) is 0 Å². The second-order valence-electron chi connectivity index (χ2n) is 4.75. The Morgan fingerprint density at radius 3 is 2.59 bits per heavy atom. The lowest BCUT2D eigenvalue weighted by atomic mass is 10.1. The lowest BCUT2D eigenvalue weighted by Crippen LogP contribution is -2.28. The molecule has 3 heteroatoms. The van der Waals surface area contributed by atoms with E-state index in [0.717, 1.165) is 12.1 Å². The molecule has 0 aliphatic rings. The molecular formula is C14H21NO2. The van der Waals surface area contributed by atoms with Gasteiger partial charge in [0, 0.05) is 6.54 Å². The molecular weight excluding hydrogens is 214 g/mol. The van der Waals surface area contributed by atoms with E-state index in [-0.39, 0.29) is 11.9 Å². The van der Waals surface area contributed by atoms with Gasteiger partial charge < -0.3 is 9.64 Å². The van der Waals surface area contributed by atoms with Crippen LogP contribution in [0.3, 0.4) is 0 Å². The monoisotopic (exact) mass is 235 g/mol. The Hall–Kier alpha value is -1.35. The average Bonchev–Trinajstić information content (AvgIpc) is 2.15. The molecule has 0 aromatic heterocycles. The Labute approximate surface area is 103 Å². The van der Waals surface area contributed by atoms with Gasteiger partial charge in [0.1, 0.15) is 11.9 Å². The summed E-state index contributed by atoms with van der Waals surface area (Å²) in [6.07, 6.45) is 0.0601. The molecule has 0 heterocycles. The number of hydrogen-bond acceptors (Lipinski definition) is 3. The molecule has 0 saturated heterocycles. The summed E-state index contributed by atoms with van der Waals surface area (Å²) in [5.41, 5.74) is 1.75. The van der Waals surface area contributed by atoms with Crippen LogP contribution in [0.15, 0.2) is 18.2 Å². The molecule has 0 unspecified atom stereocenters. The van der Waals surface area contributed by atoms with Crippen LogP contribution in [-0.4, -0.2) is 37.4 Å². The van der Waals surface area contributed by atoms with Gasteiger partial charge in [0.25, 0.3) is 0 Å². The second-order valence-corrected chi connectivity index (χ2v) is 4.75. The summed E-state index contributed by atoms with van der Waals surface area (Å²) in [5.74, 6) is 0.726. The van der Waals surface area contributed by atoms with Crippen molar-refractivity contribution in [2.24, 2.45) is 0 Å². The van der Waals surface area contributed by atoms with E-state index in [9.17, 15) is 4.79 Å². The van der Waals surface area contributed by atoms with Crippen molar-refractivity contribution in [3.8, 4) is 5.75 Å². The molecule has 0 spiro atoms. The van der Waals surface area contributed by atoms with Crippen LogP contribution in [-0.2, 0) is 0 Å². The average molecular weight is 235 g/mol. The van der Waals surface area contributed by atoms with Gasteiger partial charge in [0.2, 0.25) is 0 Å². The first kappa shape index (κ1) is 13.7. The van der Waals surface area contributed by atoms with Crippen LogP contribution in [0.25, 0.3) is 0 Å². The van der Waals surface area contributed by atoms with E-state index in [1.165, 1.54) is 0 Å². The first-order valence-corrected chi connectivity index (χ1v) is 5.83. The molecule has 17 heavy (non-hydrogen) atoms. The molecule has 1 aromatic rings. The summed E-state index contributed by atoms with van der Waals surface area (Å²) in [6, 6.07) is 5.68. The first-order chi connectivity index (χ1) is 7.90. The smallest absolute Gasteiger partial charge is 0.163 e. The molecule has 0 radical (unpaired) electrons. The quantitative estimate of drug-likeness (QED) is 0.734. The van der Waals surface area contributed by atoms with E-state index in [2.05, 4.69) is 4.90 Å². The lowest BCUT2D eigenvalue weighted by Gasteiger charge is -2.20. The highest BCUT2D eigenvalue weighted by Crippen LogP contribution is 2.22. The van der Waals surface area contributed by atoms with Crippen molar-refractivity contribution in [2.45, 2.75) is 26.9 Å².